The van der Waals surface area contributed by atoms with Gasteiger partial charge in [-0.3, -0.25) is 0 Å². The van der Waals surface area contributed by atoms with E-state index >= 15 is 4.39 Å². The monoisotopic (exact) mass is 528 g/mol. The fraction of sp³-hybridized carbons (Fsp3) is 0.290. The van der Waals surface area contributed by atoms with Gasteiger partial charge in [0.2, 0.25) is 0 Å². The number of benzene rings is 4. The van der Waals surface area contributed by atoms with Gasteiger partial charge in [-0.2, -0.15) is 8.78 Å². The van der Waals surface area contributed by atoms with Gasteiger partial charge in [-0.1, -0.05) is 55.8 Å². The van der Waals surface area contributed by atoms with Crippen LogP contribution in [0.15, 0.2) is 66.7 Å². The van der Waals surface area contributed by atoms with Crippen molar-refractivity contribution in [3.8, 4) is 11.5 Å². The van der Waals surface area contributed by atoms with Gasteiger partial charge in [-0.15, -0.1) is 0 Å². The summed E-state index contributed by atoms with van der Waals surface area (Å²) in [6.07, 6.45) is 4.09. The SMILES string of the molecule is CCCCOc1ccc(CCc2ccc3c(F)c(CCc4cc(F)c(OC(F)F)c(F)c4)ccc3c2)cc1. The molecule has 7 heteroatoms. The minimum atomic E-state index is -3.33. The van der Waals surface area contributed by atoms with E-state index in [2.05, 4.69) is 23.8 Å². The molecule has 0 unspecified atom stereocenters. The Morgan fingerprint density at radius 2 is 1.37 bits per heavy atom. The molecule has 0 amide bonds. The summed E-state index contributed by atoms with van der Waals surface area (Å²) in [7, 11) is 0. The van der Waals surface area contributed by atoms with Crippen LogP contribution in [-0.2, 0) is 25.7 Å². The summed E-state index contributed by atoms with van der Waals surface area (Å²) in [5.41, 5.74) is 2.90. The van der Waals surface area contributed by atoms with E-state index in [0.29, 0.717) is 17.6 Å². The van der Waals surface area contributed by atoms with Crippen molar-refractivity contribution in [1.29, 1.82) is 0 Å². The average Bonchev–Trinajstić information content (AvgIpc) is 2.90. The molecule has 200 valence electrons. The van der Waals surface area contributed by atoms with Gasteiger partial charge >= 0.3 is 6.61 Å². The predicted octanol–water partition coefficient (Wildman–Crippen LogP) is 8.61. The number of hydrogen-bond acceptors (Lipinski definition) is 2. The molecule has 4 rings (SSSR count). The maximum Gasteiger partial charge on any atom is 0.387 e. The van der Waals surface area contributed by atoms with Crippen molar-refractivity contribution in [3.63, 3.8) is 0 Å². The van der Waals surface area contributed by atoms with Crippen LogP contribution in [0.3, 0.4) is 0 Å². The number of ether oxygens (including phenoxy) is 2. The highest BCUT2D eigenvalue weighted by Gasteiger charge is 2.17. The average molecular weight is 529 g/mol. The van der Waals surface area contributed by atoms with E-state index < -0.39 is 24.0 Å². The fourth-order valence-electron chi connectivity index (χ4n) is 4.35. The van der Waals surface area contributed by atoms with Gasteiger partial charge in [0, 0.05) is 5.39 Å². The van der Waals surface area contributed by atoms with Crippen molar-refractivity contribution < 1.29 is 31.4 Å². The summed E-state index contributed by atoms with van der Waals surface area (Å²) >= 11 is 0. The largest absolute Gasteiger partial charge is 0.494 e. The third-order valence-electron chi connectivity index (χ3n) is 6.44. The molecule has 0 aliphatic rings. The molecule has 2 nitrogen and oxygen atoms in total. The second-order valence-electron chi connectivity index (χ2n) is 9.21. The van der Waals surface area contributed by atoms with Crippen LogP contribution in [0.5, 0.6) is 11.5 Å². The molecule has 0 atom stereocenters. The van der Waals surface area contributed by atoms with E-state index in [1.807, 2.05) is 30.3 Å². The Bertz CT molecular complexity index is 1350. The normalized spacial score (nSPS) is 11.3. The van der Waals surface area contributed by atoms with Crippen LogP contribution < -0.4 is 9.47 Å². The molecule has 4 aromatic carbocycles. The zero-order chi connectivity index (χ0) is 27.1. The Kier molecular flexibility index (Phi) is 9.21. The zero-order valence-electron chi connectivity index (χ0n) is 21.1. The Morgan fingerprint density at radius 3 is 2.05 bits per heavy atom. The molecule has 0 fully saturated rings. The van der Waals surface area contributed by atoms with Crippen molar-refractivity contribution in [2.75, 3.05) is 6.61 Å². The van der Waals surface area contributed by atoms with E-state index in [4.69, 9.17) is 4.74 Å². The van der Waals surface area contributed by atoms with E-state index in [1.165, 1.54) is 5.56 Å². The third-order valence-corrected chi connectivity index (χ3v) is 6.44. The van der Waals surface area contributed by atoms with E-state index in [0.717, 1.165) is 54.5 Å². The van der Waals surface area contributed by atoms with Crippen molar-refractivity contribution in [2.45, 2.75) is 52.1 Å². The van der Waals surface area contributed by atoms with Gasteiger partial charge in [-0.25, -0.2) is 13.2 Å². The maximum atomic E-state index is 15.2. The van der Waals surface area contributed by atoms with Gasteiger partial charge in [0.05, 0.1) is 6.61 Å². The van der Waals surface area contributed by atoms with Crippen LogP contribution in [0.25, 0.3) is 10.8 Å². The molecular formula is C31H29F5O2. The van der Waals surface area contributed by atoms with E-state index in [9.17, 15) is 17.6 Å². The molecule has 0 aliphatic heterocycles. The lowest BCUT2D eigenvalue weighted by Gasteiger charge is -2.11. The van der Waals surface area contributed by atoms with Crippen molar-refractivity contribution in [1.82, 2.24) is 0 Å². The lowest BCUT2D eigenvalue weighted by Crippen LogP contribution is -2.06. The van der Waals surface area contributed by atoms with Crippen molar-refractivity contribution in [2.24, 2.45) is 0 Å². The predicted molar refractivity (Wildman–Crippen MR) is 139 cm³/mol. The summed E-state index contributed by atoms with van der Waals surface area (Å²) < 4.78 is 77.4. The van der Waals surface area contributed by atoms with Crippen LogP contribution in [0.1, 0.15) is 42.0 Å². The minimum absolute atomic E-state index is 0.131. The number of fused-ring (bicyclic) bond motifs is 1. The Balaban J connectivity index is 1.39. The highest BCUT2D eigenvalue weighted by molar-refractivity contribution is 5.84. The first-order valence-corrected chi connectivity index (χ1v) is 12.7. The first-order valence-electron chi connectivity index (χ1n) is 12.7. The summed E-state index contributed by atoms with van der Waals surface area (Å²) in [6.45, 7) is -0.492. The molecule has 0 bridgehead atoms. The maximum absolute atomic E-state index is 15.2. The zero-order valence-corrected chi connectivity index (χ0v) is 21.1. The molecule has 0 aromatic heterocycles. The third kappa shape index (κ3) is 7.03. The lowest BCUT2D eigenvalue weighted by molar-refractivity contribution is -0.0546. The highest BCUT2D eigenvalue weighted by Crippen LogP contribution is 2.27. The number of alkyl halides is 2. The number of hydrogen-bond donors (Lipinski definition) is 0. The van der Waals surface area contributed by atoms with Crippen LogP contribution in [-0.4, -0.2) is 13.2 Å². The van der Waals surface area contributed by atoms with Crippen LogP contribution in [0.4, 0.5) is 22.0 Å². The number of unbranched alkanes of at least 4 members (excludes halogenated alkanes) is 1. The summed E-state index contributed by atoms with van der Waals surface area (Å²) in [4.78, 5) is 0. The van der Waals surface area contributed by atoms with Crippen molar-refractivity contribution >= 4 is 10.8 Å². The second kappa shape index (κ2) is 12.8. The molecule has 0 radical (unpaired) electrons. The Morgan fingerprint density at radius 1 is 0.711 bits per heavy atom. The Hall–Kier alpha value is -3.61. The molecule has 38 heavy (non-hydrogen) atoms. The molecule has 0 spiro atoms. The molecule has 0 saturated heterocycles. The smallest absolute Gasteiger partial charge is 0.387 e. The molecule has 0 saturated carbocycles. The molecule has 4 aromatic rings. The summed E-state index contributed by atoms with van der Waals surface area (Å²) in [5.74, 6) is -3.07. The number of halogens is 5. The quantitative estimate of drug-likeness (QED) is 0.135. The number of rotatable bonds is 12. The lowest BCUT2D eigenvalue weighted by atomic mass is 9.97. The number of aryl methyl sites for hydroxylation is 4. The van der Waals surface area contributed by atoms with E-state index in [-0.39, 0.29) is 24.2 Å². The minimum Gasteiger partial charge on any atom is -0.494 e. The molecule has 0 aliphatic carbocycles. The molecule has 0 heterocycles. The van der Waals surface area contributed by atoms with Crippen LogP contribution in [0, 0.1) is 17.5 Å². The van der Waals surface area contributed by atoms with Gasteiger partial charge in [0.1, 0.15) is 11.6 Å². The van der Waals surface area contributed by atoms with Gasteiger partial charge < -0.3 is 9.47 Å². The summed E-state index contributed by atoms with van der Waals surface area (Å²) in [6, 6.07) is 19.1. The standard InChI is InChI=1S/C31H29F5O2/c1-2-3-16-37-25-13-7-20(8-14-25)4-5-21-9-15-26-24(17-21)12-11-23(29(26)34)10-6-22-18-27(32)30(28(33)19-22)38-31(35)36/h7-9,11-15,17-19,31H,2-6,10,16H2,1H3. The van der Waals surface area contributed by atoms with Gasteiger partial charge in [-0.05, 0) is 84.0 Å². The first-order chi connectivity index (χ1) is 18.3. The Labute approximate surface area is 219 Å². The molecular weight excluding hydrogens is 499 g/mol. The summed E-state index contributed by atoms with van der Waals surface area (Å²) in [5, 5.41) is 1.24. The van der Waals surface area contributed by atoms with Crippen LogP contribution >= 0.6 is 0 Å². The van der Waals surface area contributed by atoms with E-state index in [1.54, 1.807) is 12.1 Å². The fourth-order valence-corrected chi connectivity index (χ4v) is 4.35. The molecule has 0 N–H and O–H groups in total. The topological polar surface area (TPSA) is 18.5 Å². The van der Waals surface area contributed by atoms with Gasteiger partial charge in [0.15, 0.2) is 17.4 Å². The van der Waals surface area contributed by atoms with Crippen molar-refractivity contribution in [3.05, 3.63) is 106 Å². The van der Waals surface area contributed by atoms with Crippen LogP contribution in [0.2, 0.25) is 0 Å². The first kappa shape index (κ1) is 27.4. The highest BCUT2D eigenvalue weighted by atomic mass is 19.3. The van der Waals surface area contributed by atoms with Gasteiger partial charge in [0.25, 0.3) is 0 Å². The second-order valence-corrected chi connectivity index (χ2v) is 9.21.